The van der Waals surface area contributed by atoms with E-state index in [9.17, 15) is 9.90 Å². The number of carboxylic acids is 1. The number of fused-ring (bicyclic) bond motifs is 1. The van der Waals surface area contributed by atoms with E-state index in [4.69, 9.17) is 4.74 Å². The summed E-state index contributed by atoms with van der Waals surface area (Å²) >= 11 is 1.68. The minimum atomic E-state index is -0.942. The fourth-order valence-electron chi connectivity index (χ4n) is 2.44. The highest BCUT2D eigenvalue weighted by molar-refractivity contribution is 8.00. The topological polar surface area (TPSA) is 59.4 Å². The summed E-state index contributed by atoms with van der Waals surface area (Å²) in [5.74, 6) is -0.942. The number of thioether (sulfide) groups is 1. The summed E-state index contributed by atoms with van der Waals surface area (Å²) in [6.45, 7) is 2.85. The van der Waals surface area contributed by atoms with Crippen LogP contribution in [0.1, 0.15) is 23.7 Å². The minimum Gasteiger partial charge on any atom is -0.478 e. The highest BCUT2D eigenvalue weighted by atomic mass is 32.2. The molecule has 3 rings (SSSR count). The number of hydrogen-bond donors (Lipinski definition) is 1. The Bertz CT molecular complexity index is 659. The summed E-state index contributed by atoms with van der Waals surface area (Å²) in [6.07, 6.45) is 2.66. The van der Waals surface area contributed by atoms with Gasteiger partial charge in [-0.3, -0.25) is 0 Å². The molecule has 2 heterocycles. The van der Waals surface area contributed by atoms with Crippen LogP contribution in [0.3, 0.4) is 0 Å². The third kappa shape index (κ3) is 2.39. The van der Waals surface area contributed by atoms with Crippen molar-refractivity contribution >= 4 is 28.5 Å². The minimum absolute atomic E-state index is 0.208. The van der Waals surface area contributed by atoms with E-state index in [-0.39, 0.29) is 11.7 Å². The van der Waals surface area contributed by atoms with Gasteiger partial charge in [-0.25, -0.2) is 9.78 Å². The summed E-state index contributed by atoms with van der Waals surface area (Å²) in [5, 5.41) is 12.1. The first-order chi connectivity index (χ1) is 9.66. The molecule has 1 aromatic heterocycles. The maximum absolute atomic E-state index is 11.3. The first-order valence-corrected chi connectivity index (χ1v) is 7.44. The number of carboxylic acid groups (broad SMARTS) is 1. The second-order valence-corrected chi connectivity index (χ2v) is 6.08. The van der Waals surface area contributed by atoms with Gasteiger partial charge in [0.1, 0.15) is 5.03 Å². The van der Waals surface area contributed by atoms with Crippen LogP contribution in [0.15, 0.2) is 35.5 Å². The lowest BCUT2D eigenvalue weighted by Crippen LogP contribution is -2.13. The third-order valence-electron chi connectivity index (χ3n) is 3.56. The van der Waals surface area contributed by atoms with Gasteiger partial charge in [-0.05, 0) is 13.3 Å². The second-order valence-electron chi connectivity index (χ2n) is 4.85. The van der Waals surface area contributed by atoms with E-state index in [1.54, 1.807) is 11.8 Å². The number of pyridine rings is 1. The molecule has 1 aliphatic heterocycles. The number of ether oxygens (including phenoxy) is 1. The van der Waals surface area contributed by atoms with Crippen LogP contribution in [0.5, 0.6) is 0 Å². The number of carbonyl (C=O) groups is 1. The molecule has 2 aromatic rings. The van der Waals surface area contributed by atoms with Gasteiger partial charge < -0.3 is 9.84 Å². The van der Waals surface area contributed by atoms with Gasteiger partial charge in [-0.2, -0.15) is 0 Å². The number of hydrogen-bond acceptors (Lipinski definition) is 4. The van der Waals surface area contributed by atoms with Gasteiger partial charge in [0.05, 0.1) is 11.7 Å². The molecule has 1 N–H and O–H groups in total. The third-order valence-corrected chi connectivity index (χ3v) is 5.03. The van der Waals surface area contributed by atoms with Gasteiger partial charge >= 0.3 is 5.97 Å². The maximum atomic E-state index is 11.3. The van der Waals surface area contributed by atoms with Crippen LogP contribution in [0.25, 0.3) is 10.8 Å². The molecule has 2 atom stereocenters. The molecule has 0 bridgehead atoms. The zero-order chi connectivity index (χ0) is 14.1. The van der Waals surface area contributed by atoms with Crippen LogP contribution in [0.4, 0.5) is 0 Å². The van der Waals surface area contributed by atoms with Crippen LogP contribution in [0.2, 0.25) is 0 Å². The predicted molar refractivity (Wildman–Crippen MR) is 78.4 cm³/mol. The lowest BCUT2D eigenvalue weighted by Gasteiger charge is -2.14. The molecule has 5 heteroatoms. The van der Waals surface area contributed by atoms with E-state index < -0.39 is 5.97 Å². The lowest BCUT2D eigenvalue weighted by molar-refractivity contribution is 0.0698. The Morgan fingerprint density at radius 3 is 2.80 bits per heavy atom. The Labute approximate surface area is 121 Å². The van der Waals surface area contributed by atoms with Crippen molar-refractivity contribution < 1.29 is 14.6 Å². The van der Waals surface area contributed by atoms with Crippen LogP contribution in [-0.4, -0.2) is 34.0 Å². The van der Waals surface area contributed by atoms with Crippen molar-refractivity contribution in [3.05, 3.63) is 36.0 Å². The standard InChI is InChI=1S/C15H15NO3S/c1-9-13(6-7-19-9)20-14-11-5-3-2-4-10(11)12(8-16-14)15(17)18/h2-5,8-9,13H,6-7H2,1H3,(H,17,18). The molecule has 4 nitrogen and oxygen atoms in total. The van der Waals surface area contributed by atoms with E-state index in [1.807, 2.05) is 24.3 Å². The van der Waals surface area contributed by atoms with Crippen molar-refractivity contribution in [3.8, 4) is 0 Å². The smallest absolute Gasteiger partial charge is 0.337 e. The number of aromatic nitrogens is 1. The average molecular weight is 289 g/mol. The van der Waals surface area contributed by atoms with Crippen molar-refractivity contribution in [2.45, 2.75) is 29.7 Å². The molecule has 0 radical (unpaired) electrons. The number of rotatable bonds is 3. The monoisotopic (exact) mass is 289 g/mol. The van der Waals surface area contributed by atoms with Crippen LogP contribution in [0, 0.1) is 0 Å². The molecular formula is C15H15NO3S. The molecule has 1 aromatic carbocycles. The number of aromatic carboxylic acids is 1. The molecule has 0 saturated carbocycles. The first-order valence-electron chi connectivity index (χ1n) is 6.56. The highest BCUT2D eigenvalue weighted by Gasteiger charge is 2.26. The van der Waals surface area contributed by atoms with E-state index in [0.717, 1.165) is 28.8 Å². The van der Waals surface area contributed by atoms with Crippen molar-refractivity contribution in [2.75, 3.05) is 6.61 Å². The quantitative estimate of drug-likeness (QED) is 0.940. The normalized spacial score (nSPS) is 22.2. The lowest BCUT2D eigenvalue weighted by atomic mass is 10.1. The average Bonchev–Trinajstić information content (AvgIpc) is 2.84. The Kier molecular flexibility index (Phi) is 3.63. The molecule has 0 aliphatic carbocycles. The molecule has 1 fully saturated rings. The van der Waals surface area contributed by atoms with Gasteiger partial charge in [0.15, 0.2) is 0 Å². The predicted octanol–water partition coefficient (Wildman–Crippen LogP) is 3.20. The fourth-order valence-corrected chi connectivity index (χ4v) is 3.63. The zero-order valence-corrected chi connectivity index (χ0v) is 11.9. The van der Waals surface area contributed by atoms with Gasteiger partial charge in [0, 0.05) is 28.8 Å². The summed E-state index contributed by atoms with van der Waals surface area (Å²) in [5.41, 5.74) is 0.251. The summed E-state index contributed by atoms with van der Waals surface area (Å²) < 4.78 is 5.57. The fraction of sp³-hybridized carbons (Fsp3) is 0.333. The molecule has 104 valence electrons. The summed E-state index contributed by atoms with van der Waals surface area (Å²) in [7, 11) is 0. The summed E-state index contributed by atoms with van der Waals surface area (Å²) in [6, 6.07) is 7.52. The molecule has 2 unspecified atom stereocenters. The molecule has 0 amide bonds. The Balaban J connectivity index is 2.04. The van der Waals surface area contributed by atoms with Crippen LogP contribution < -0.4 is 0 Å². The van der Waals surface area contributed by atoms with Gasteiger partial charge in [0.2, 0.25) is 0 Å². The number of nitrogens with zero attached hydrogens (tertiary/aromatic N) is 1. The van der Waals surface area contributed by atoms with Crippen molar-refractivity contribution in [2.24, 2.45) is 0 Å². The Morgan fingerprint density at radius 2 is 2.15 bits per heavy atom. The Morgan fingerprint density at radius 1 is 1.40 bits per heavy atom. The second kappa shape index (κ2) is 5.42. The largest absolute Gasteiger partial charge is 0.478 e. The maximum Gasteiger partial charge on any atom is 0.337 e. The van der Waals surface area contributed by atoms with Gasteiger partial charge in [-0.15, -0.1) is 0 Å². The van der Waals surface area contributed by atoms with Gasteiger partial charge in [0.25, 0.3) is 0 Å². The molecular weight excluding hydrogens is 274 g/mol. The first kappa shape index (κ1) is 13.4. The van der Waals surface area contributed by atoms with Crippen molar-refractivity contribution in [1.82, 2.24) is 4.98 Å². The SMILES string of the molecule is CC1OCCC1Sc1ncc(C(=O)O)c2ccccc12. The van der Waals surface area contributed by atoms with Gasteiger partial charge in [-0.1, -0.05) is 36.0 Å². The molecule has 1 aliphatic rings. The zero-order valence-electron chi connectivity index (χ0n) is 11.1. The van der Waals surface area contributed by atoms with Crippen molar-refractivity contribution in [3.63, 3.8) is 0 Å². The molecule has 1 saturated heterocycles. The Hall–Kier alpha value is -1.59. The number of benzene rings is 1. The van der Waals surface area contributed by atoms with Crippen molar-refractivity contribution in [1.29, 1.82) is 0 Å². The summed E-state index contributed by atoms with van der Waals surface area (Å²) in [4.78, 5) is 15.6. The van der Waals surface area contributed by atoms with E-state index in [2.05, 4.69) is 11.9 Å². The highest BCUT2D eigenvalue weighted by Crippen LogP contribution is 2.35. The molecule has 20 heavy (non-hydrogen) atoms. The van der Waals surface area contributed by atoms with Crippen LogP contribution in [-0.2, 0) is 4.74 Å². The van der Waals surface area contributed by atoms with E-state index in [0.29, 0.717) is 5.25 Å². The van der Waals surface area contributed by atoms with Crippen LogP contribution >= 0.6 is 11.8 Å². The van der Waals surface area contributed by atoms with E-state index in [1.165, 1.54) is 6.20 Å². The van der Waals surface area contributed by atoms with E-state index >= 15 is 0 Å². The molecule has 0 spiro atoms.